The van der Waals surface area contributed by atoms with Gasteiger partial charge in [0.05, 0.1) is 6.07 Å². The van der Waals surface area contributed by atoms with Crippen molar-refractivity contribution in [2.45, 2.75) is 39.5 Å². The third-order valence-electron chi connectivity index (χ3n) is 3.37. The van der Waals surface area contributed by atoms with Crippen LogP contribution in [0.1, 0.15) is 39.5 Å². The summed E-state index contributed by atoms with van der Waals surface area (Å²) >= 11 is 0. The number of amides is 1. The van der Waals surface area contributed by atoms with Crippen LogP contribution in [0.3, 0.4) is 0 Å². The number of rotatable bonds is 3. The molecule has 0 aromatic rings. The van der Waals surface area contributed by atoms with Crippen molar-refractivity contribution in [1.82, 2.24) is 4.90 Å². The zero-order chi connectivity index (χ0) is 11.3. The molecule has 1 fully saturated rings. The van der Waals surface area contributed by atoms with E-state index < -0.39 is 5.92 Å². The lowest BCUT2D eigenvalue weighted by Crippen LogP contribution is -2.41. The molecule has 1 atom stereocenters. The number of likely N-dealkylation sites (tertiary alicyclic amines) is 1. The number of piperidine rings is 1. The van der Waals surface area contributed by atoms with Gasteiger partial charge < -0.3 is 4.90 Å². The molecule has 0 radical (unpaired) electrons. The fourth-order valence-electron chi connectivity index (χ4n) is 2.10. The predicted molar refractivity (Wildman–Crippen MR) is 59.0 cm³/mol. The van der Waals surface area contributed by atoms with Crippen molar-refractivity contribution in [3.8, 4) is 6.07 Å². The zero-order valence-corrected chi connectivity index (χ0v) is 9.70. The molecule has 3 nitrogen and oxygen atoms in total. The maximum absolute atomic E-state index is 11.9. The molecule has 0 N–H and O–H groups in total. The van der Waals surface area contributed by atoms with Gasteiger partial charge >= 0.3 is 0 Å². The van der Waals surface area contributed by atoms with Gasteiger partial charge in [0.1, 0.15) is 5.92 Å². The van der Waals surface area contributed by atoms with Crippen LogP contribution >= 0.6 is 0 Å². The van der Waals surface area contributed by atoms with Crippen LogP contribution in [-0.4, -0.2) is 23.9 Å². The minimum absolute atomic E-state index is 0.0366. The molecule has 0 aliphatic carbocycles. The molecule has 84 valence electrons. The second-order valence-electron chi connectivity index (χ2n) is 4.27. The van der Waals surface area contributed by atoms with Crippen molar-refractivity contribution in [1.29, 1.82) is 5.26 Å². The van der Waals surface area contributed by atoms with E-state index in [1.807, 2.05) is 11.8 Å². The maximum atomic E-state index is 11.9. The van der Waals surface area contributed by atoms with Crippen LogP contribution in [0.15, 0.2) is 0 Å². The number of nitrogens with zero attached hydrogens (tertiary/aromatic N) is 2. The Morgan fingerprint density at radius 1 is 1.47 bits per heavy atom. The lowest BCUT2D eigenvalue weighted by atomic mass is 9.93. The number of nitriles is 1. The van der Waals surface area contributed by atoms with Crippen LogP contribution in [0.2, 0.25) is 0 Å². The van der Waals surface area contributed by atoms with Crippen LogP contribution < -0.4 is 0 Å². The van der Waals surface area contributed by atoms with Gasteiger partial charge in [0.2, 0.25) is 5.91 Å². The van der Waals surface area contributed by atoms with Crippen molar-refractivity contribution >= 4 is 5.91 Å². The molecule has 1 heterocycles. The Morgan fingerprint density at radius 2 is 2.07 bits per heavy atom. The smallest absolute Gasteiger partial charge is 0.239 e. The van der Waals surface area contributed by atoms with Gasteiger partial charge in [0, 0.05) is 13.1 Å². The lowest BCUT2D eigenvalue weighted by molar-refractivity contribution is -0.135. The third kappa shape index (κ3) is 2.95. The largest absolute Gasteiger partial charge is 0.342 e. The monoisotopic (exact) mass is 208 g/mol. The fourth-order valence-corrected chi connectivity index (χ4v) is 2.10. The van der Waals surface area contributed by atoms with Crippen molar-refractivity contribution in [2.75, 3.05) is 13.1 Å². The number of hydrogen-bond acceptors (Lipinski definition) is 2. The standard InChI is InChI=1S/C12H20N2O/c1-3-10-5-7-14(8-6-10)12(15)11(4-2)9-13/h10-11H,3-8H2,1-2H3. The molecule has 1 rings (SSSR count). The average Bonchev–Trinajstić information content (AvgIpc) is 2.30. The zero-order valence-electron chi connectivity index (χ0n) is 9.70. The average molecular weight is 208 g/mol. The summed E-state index contributed by atoms with van der Waals surface area (Å²) in [6, 6.07) is 2.08. The van der Waals surface area contributed by atoms with Gasteiger partial charge in [-0.05, 0) is 25.2 Å². The highest BCUT2D eigenvalue weighted by molar-refractivity contribution is 5.81. The van der Waals surface area contributed by atoms with Gasteiger partial charge in [-0.15, -0.1) is 0 Å². The Kier molecular flexibility index (Phi) is 4.61. The van der Waals surface area contributed by atoms with Crippen LogP contribution in [0.4, 0.5) is 0 Å². The number of carbonyl (C=O) groups excluding carboxylic acids is 1. The molecule has 0 aromatic heterocycles. The minimum Gasteiger partial charge on any atom is -0.342 e. The van der Waals surface area contributed by atoms with Gasteiger partial charge in [0.25, 0.3) is 0 Å². The summed E-state index contributed by atoms with van der Waals surface area (Å²) in [6.07, 6.45) is 4.04. The van der Waals surface area contributed by atoms with Gasteiger partial charge in [0.15, 0.2) is 0 Å². The van der Waals surface area contributed by atoms with E-state index in [0.717, 1.165) is 31.8 Å². The van der Waals surface area contributed by atoms with E-state index in [-0.39, 0.29) is 5.91 Å². The Morgan fingerprint density at radius 3 is 2.47 bits per heavy atom. The van der Waals surface area contributed by atoms with E-state index in [1.54, 1.807) is 0 Å². The summed E-state index contributed by atoms with van der Waals surface area (Å²) < 4.78 is 0. The van der Waals surface area contributed by atoms with E-state index in [9.17, 15) is 4.79 Å². The van der Waals surface area contributed by atoms with Crippen molar-refractivity contribution in [3.05, 3.63) is 0 Å². The van der Waals surface area contributed by atoms with E-state index >= 15 is 0 Å². The van der Waals surface area contributed by atoms with Crippen molar-refractivity contribution in [2.24, 2.45) is 11.8 Å². The van der Waals surface area contributed by atoms with E-state index in [1.165, 1.54) is 6.42 Å². The highest BCUT2D eigenvalue weighted by Crippen LogP contribution is 2.21. The molecule has 3 heteroatoms. The van der Waals surface area contributed by atoms with Crippen molar-refractivity contribution < 1.29 is 4.79 Å². The molecule has 1 amide bonds. The van der Waals surface area contributed by atoms with Gasteiger partial charge in [-0.3, -0.25) is 4.79 Å². The van der Waals surface area contributed by atoms with Crippen LogP contribution in [0.25, 0.3) is 0 Å². The maximum Gasteiger partial charge on any atom is 0.239 e. The van der Waals surface area contributed by atoms with Crippen LogP contribution in [0.5, 0.6) is 0 Å². The van der Waals surface area contributed by atoms with E-state index in [0.29, 0.717) is 6.42 Å². The molecule has 0 aromatic carbocycles. The molecule has 1 saturated heterocycles. The summed E-state index contributed by atoms with van der Waals surface area (Å²) in [5, 5.41) is 8.83. The number of carbonyl (C=O) groups is 1. The molecule has 1 aliphatic rings. The Balaban J connectivity index is 2.46. The summed E-state index contributed by atoms with van der Waals surface area (Å²) in [5.41, 5.74) is 0. The van der Waals surface area contributed by atoms with Crippen molar-refractivity contribution in [3.63, 3.8) is 0 Å². The first kappa shape index (κ1) is 12.0. The normalized spacial score (nSPS) is 19.7. The first-order valence-electron chi connectivity index (χ1n) is 5.91. The second kappa shape index (κ2) is 5.75. The molecule has 15 heavy (non-hydrogen) atoms. The topological polar surface area (TPSA) is 44.1 Å². The van der Waals surface area contributed by atoms with E-state index in [4.69, 9.17) is 5.26 Å². The molecule has 0 saturated carbocycles. The Hall–Kier alpha value is -1.04. The third-order valence-corrected chi connectivity index (χ3v) is 3.37. The van der Waals surface area contributed by atoms with Gasteiger partial charge in [-0.2, -0.15) is 5.26 Å². The highest BCUT2D eigenvalue weighted by atomic mass is 16.2. The highest BCUT2D eigenvalue weighted by Gasteiger charge is 2.26. The lowest BCUT2D eigenvalue weighted by Gasteiger charge is -2.32. The second-order valence-corrected chi connectivity index (χ2v) is 4.27. The van der Waals surface area contributed by atoms with E-state index in [2.05, 4.69) is 13.0 Å². The summed E-state index contributed by atoms with van der Waals surface area (Å²) in [7, 11) is 0. The molecule has 1 aliphatic heterocycles. The van der Waals surface area contributed by atoms with Gasteiger partial charge in [-0.1, -0.05) is 20.3 Å². The molecular formula is C12H20N2O. The molecular weight excluding hydrogens is 188 g/mol. The Labute approximate surface area is 92.1 Å². The predicted octanol–water partition coefficient (Wildman–Crippen LogP) is 2.18. The summed E-state index contributed by atoms with van der Waals surface area (Å²) in [4.78, 5) is 13.7. The molecule has 0 spiro atoms. The van der Waals surface area contributed by atoms with Crippen LogP contribution in [-0.2, 0) is 4.79 Å². The summed E-state index contributed by atoms with van der Waals surface area (Å²) in [5.74, 6) is 0.383. The van der Waals surface area contributed by atoms with Crippen LogP contribution in [0, 0.1) is 23.2 Å². The molecule has 0 bridgehead atoms. The minimum atomic E-state index is -0.428. The number of hydrogen-bond donors (Lipinski definition) is 0. The summed E-state index contributed by atoms with van der Waals surface area (Å²) in [6.45, 7) is 5.78. The van der Waals surface area contributed by atoms with Gasteiger partial charge in [-0.25, -0.2) is 0 Å². The Bertz CT molecular complexity index is 249. The first-order valence-corrected chi connectivity index (χ1v) is 5.91. The quantitative estimate of drug-likeness (QED) is 0.713. The fraction of sp³-hybridized carbons (Fsp3) is 0.833. The SMILES string of the molecule is CCC1CCN(C(=O)C(C#N)CC)CC1. The molecule has 1 unspecified atom stereocenters. The first-order chi connectivity index (χ1) is 7.22.